The van der Waals surface area contributed by atoms with Crippen LogP contribution in [-0.2, 0) is 6.54 Å². The normalized spacial score (nSPS) is 11.2. The molecule has 1 aromatic carbocycles. The third-order valence-electron chi connectivity index (χ3n) is 2.72. The molecule has 2 rings (SSSR count). The quantitative estimate of drug-likeness (QED) is 0.926. The fourth-order valence-electron chi connectivity index (χ4n) is 1.77. The third kappa shape index (κ3) is 2.48. The van der Waals surface area contributed by atoms with Crippen molar-refractivity contribution < 1.29 is 4.39 Å². The molecule has 0 fully saturated rings. The second-order valence-corrected chi connectivity index (χ2v) is 4.90. The summed E-state index contributed by atoms with van der Waals surface area (Å²) in [7, 11) is 0. The fraction of sp³-hybridized carbons (Fsp3) is 0.308. The summed E-state index contributed by atoms with van der Waals surface area (Å²) in [6, 6.07) is 6.36. The maximum atomic E-state index is 13.1. The van der Waals surface area contributed by atoms with Crippen LogP contribution in [0.25, 0.3) is 0 Å². The standard InChI is InChI=1S/C13H15ClFN3/c1-8(2)12-11(14)13(16)18(17-12)7-9-4-3-5-10(15)6-9/h3-6,8H,7,16H2,1-2H3. The van der Waals surface area contributed by atoms with Crippen LogP contribution in [0.5, 0.6) is 0 Å². The summed E-state index contributed by atoms with van der Waals surface area (Å²) in [4.78, 5) is 0. The van der Waals surface area contributed by atoms with Gasteiger partial charge in [-0.2, -0.15) is 5.10 Å². The average molecular weight is 268 g/mol. The van der Waals surface area contributed by atoms with Crippen molar-refractivity contribution in [3.8, 4) is 0 Å². The van der Waals surface area contributed by atoms with Crippen molar-refractivity contribution in [3.05, 3.63) is 46.4 Å². The summed E-state index contributed by atoms with van der Waals surface area (Å²) < 4.78 is 14.7. The molecule has 0 aliphatic heterocycles. The maximum absolute atomic E-state index is 13.1. The molecule has 0 spiro atoms. The van der Waals surface area contributed by atoms with E-state index in [-0.39, 0.29) is 11.7 Å². The van der Waals surface area contributed by atoms with Gasteiger partial charge in [-0.15, -0.1) is 0 Å². The van der Waals surface area contributed by atoms with E-state index < -0.39 is 0 Å². The van der Waals surface area contributed by atoms with E-state index in [4.69, 9.17) is 17.3 Å². The van der Waals surface area contributed by atoms with Gasteiger partial charge in [-0.1, -0.05) is 37.6 Å². The predicted molar refractivity (Wildman–Crippen MR) is 71.2 cm³/mol. The van der Waals surface area contributed by atoms with Crippen LogP contribution < -0.4 is 5.73 Å². The zero-order chi connectivity index (χ0) is 13.3. The van der Waals surface area contributed by atoms with E-state index >= 15 is 0 Å². The van der Waals surface area contributed by atoms with Gasteiger partial charge in [0.1, 0.15) is 16.7 Å². The second-order valence-electron chi connectivity index (χ2n) is 4.53. The van der Waals surface area contributed by atoms with Crippen molar-refractivity contribution in [3.63, 3.8) is 0 Å². The molecule has 0 unspecified atom stereocenters. The number of aromatic nitrogens is 2. The van der Waals surface area contributed by atoms with Crippen LogP contribution in [0, 0.1) is 5.82 Å². The van der Waals surface area contributed by atoms with Gasteiger partial charge < -0.3 is 5.73 Å². The Labute approximate surface area is 110 Å². The fourth-order valence-corrected chi connectivity index (χ4v) is 2.12. The number of anilines is 1. The number of nitrogens with zero attached hydrogens (tertiary/aromatic N) is 2. The first-order chi connectivity index (χ1) is 8.49. The molecule has 2 N–H and O–H groups in total. The van der Waals surface area contributed by atoms with Gasteiger partial charge in [-0.05, 0) is 23.6 Å². The summed E-state index contributed by atoms with van der Waals surface area (Å²) in [6.45, 7) is 4.41. The number of hydrogen-bond acceptors (Lipinski definition) is 2. The van der Waals surface area contributed by atoms with Gasteiger partial charge in [0, 0.05) is 0 Å². The van der Waals surface area contributed by atoms with Crippen LogP contribution in [0.15, 0.2) is 24.3 Å². The Morgan fingerprint density at radius 3 is 2.72 bits per heavy atom. The van der Waals surface area contributed by atoms with Gasteiger partial charge >= 0.3 is 0 Å². The highest BCUT2D eigenvalue weighted by Gasteiger charge is 2.16. The minimum atomic E-state index is -0.270. The largest absolute Gasteiger partial charge is 0.383 e. The van der Waals surface area contributed by atoms with E-state index in [0.717, 1.165) is 11.3 Å². The molecule has 1 aromatic heterocycles. The number of nitrogens with two attached hydrogens (primary N) is 1. The Balaban J connectivity index is 2.32. The van der Waals surface area contributed by atoms with E-state index in [2.05, 4.69) is 5.10 Å². The molecule has 1 heterocycles. The number of hydrogen-bond donors (Lipinski definition) is 1. The highest BCUT2D eigenvalue weighted by Crippen LogP contribution is 2.29. The summed E-state index contributed by atoms with van der Waals surface area (Å²) in [5.74, 6) is 0.353. The lowest BCUT2D eigenvalue weighted by molar-refractivity contribution is 0.618. The summed E-state index contributed by atoms with van der Waals surface area (Å²) in [6.07, 6.45) is 0. The molecule has 0 amide bonds. The number of benzene rings is 1. The lowest BCUT2D eigenvalue weighted by atomic mass is 10.1. The first kappa shape index (κ1) is 12.9. The van der Waals surface area contributed by atoms with Gasteiger partial charge in [0.25, 0.3) is 0 Å². The molecule has 3 nitrogen and oxygen atoms in total. The topological polar surface area (TPSA) is 43.8 Å². The van der Waals surface area contributed by atoms with E-state index in [9.17, 15) is 4.39 Å². The van der Waals surface area contributed by atoms with Gasteiger partial charge in [-0.25, -0.2) is 9.07 Å². The Hall–Kier alpha value is -1.55. The van der Waals surface area contributed by atoms with E-state index in [1.165, 1.54) is 12.1 Å². The highest BCUT2D eigenvalue weighted by molar-refractivity contribution is 6.33. The van der Waals surface area contributed by atoms with Crippen molar-refractivity contribution in [2.75, 3.05) is 5.73 Å². The van der Waals surface area contributed by atoms with Crippen molar-refractivity contribution in [2.24, 2.45) is 0 Å². The molecule has 0 radical (unpaired) electrons. The first-order valence-corrected chi connectivity index (χ1v) is 6.13. The zero-order valence-corrected chi connectivity index (χ0v) is 11.1. The molecule has 0 saturated heterocycles. The van der Waals surface area contributed by atoms with Gasteiger partial charge in [0.15, 0.2) is 0 Å². The van der Waals surface area contributed by atoms with E-state index in [1.54, 1.807) is 10.7 Å². The highest BCUT2D eigenvalue weighted by atomic mass is 35.5. The van der Waals surface area contributed by atoms with Gasteiger partial charge in [-0.3, -0.25) is 0 Å². The van der Waals surface area contributed by atoms with E-state index in [0.29, 0.717) is 17.4 Å². The summed E-state index contributed by atoms with van der Waals surface area (Å²) in [5.41, 5.74) is 7.47. The second kappa shape index (κ2) is 4.98. The maximum Gasteiger partial charge on any atom is 0.141 e. The Morgan fingerprint density at radius 2 is 2.17 bits per heavy atom. The first-order valence-electron chi connectivity index (χ1n) is 5.75. The molecular formula is C13H15ClFN3. The lowest BCUT2D eigenvalue weighted by Crippen LogP contribution is -2.06. The van der Waals surface area contributed by atoms with Crippen LogP contribution in [0.3, 0.4) is 0 Å². The zero-order valence-electron chi connectivity index (χ0n) is 10.3. The molecule has 0 aliphatic rings. The monoisotopic (exact) mass is 267 g/mol. The molecule has 5 heteroatoms. The molecule has 0 bridgehead atoms. The van der Waals surface area contributed by atoms with Crippen molar-refractivity contribution >= 4 is 17.4 Å². The Morgan fingerprint density at radius 1 is 1.44 bits per heavy atom. The number of halogens is 2. The average Bonchev–Trinajstić information content (AvgIpc) is 2.58. The van der Waals surface area contributed by atoms with Gasteiger partial charge in [0.05, 0.1) is 12.2 Å². The Bertz CT molecular complexity index is 563. The molecule has 96 valence electrons. The van der Waals surface area contributed by atoms with Gasteiger partial charge in [0.2, 0.25) is 0 Å². The minimum Gasteiger partial charge on any atom is -0.383 e. The van der Waals surface area contributed by atoms with Crippen LogP contribution in [0.4, 0.5) is 10.2 Å². The number of rotatable bonds is 3. The number of nitrogen functional groups attached to an aromatic ring is 1. The van der Waals surface area contributed by atoms with Crippen LogP contribution in [-0.4, -0.2) is 9.78 Å². The van der Waals surface area contributed by atoms with Crippen molar-refractivity contribution in [1.82, 2.24) is 9.78 Å². The molecule has 0 aliphatic carbocycles. The van der Waals surface area contributed by atoms with Crippen LogP contribution in [0.2, 0.25) is 5.02 Å². The van der Waals surface area contributed by atoms with E-state index in [1.807, 2.05) is 19.9 Å². The molecule has 0 saturated carbocycles. The van der Waals surface area contributed by atoms with Crippen molar-refractivity contribution in [2.45, 2.75) is 26.3 Å². The summed E-state index contributed by atoms with van der Waals surface area (Å²) >= 11 is 6.12. The smallest absolute Gasteiger partial charge is 0.141 e. The van der Waals surface area contributed by atoms with Crippen molar-refractivity contribution in [1.29, 1.82) is 0 Å². The predicted octanol–water partition coefficient (Wildman–Crippen LogP) is 3.43. The van der Waals surface area contributed by atoms with Crippen LogP contribution >= 0.6 is 11.6 Å². The summed E-state index contributed by atoms with van der Waals surface area (Å²) in [5, 5.41) is 4.86. The molecule has 2 aromatic rings. The lowest BCUT2D eigenvalue weighted by Gasteiger charge is -2.04. The molecule has 0 atom stereocenters. The minimum absolute atomic E-state index is 0.202. The molecule has 18 heavy (non-hydrogen) atoms. The Kier molecular flexibility index (Phi) is 3.57. The third-order valence-corrected chi connectivity index (χ3v) is 3.11. The SMILES string of the molecule is CC(C)c1nn(Cc2cccc(F)c2)c(N)c1Cl. The van der Waals surface area contributed by atoms with Crippen LogP contribution in [0.1, 0.15) is 31.0 Å². The molecular weight excluding hydrogens is 253 g/mol.